The number of aromatic nitrogens is 2. The molecule has 2 heterocycles. The van der Waals surface area contributed by atoms with E-state index >= 15 is 4.39 Å². The number of benzene rings is 1. The molecular weight excluding hydrogens is 417 g/mol. The Morgan fingerprint density at radius 2 is 2.06 bits per heavy atom. The van der Waals surface area contributed by atoms with E-state index in [-0.39, 0.29) is 24.1 Å². The number of nitrogens with one attached hydrogen (secondary N) is 1. The Balaban J connectivity index is 1.74. The average molecular weight is 443 g/mol. The minimum absolute atomic E-state index is 0.0824. The molecule has 1 saturated carbocycles. The van der Waals surface area contributed by atoms with Crippen molar-refractivity contribution in [3.05, 3.63) is 30.0 Å². The van der Waals surface area contributed by atoms with Crippen LogP contribution in [0.3, 0.4) is 0 Å². The van der Waals surface area contributed by atoms with E-state index in [0.29, 0.717) is 22.9 Å². The van der Waals surface area contributed by atoms with Crippen LogP contribution in [-0.4, -0.2) is 59.4 Å². The summed E-state index contributed by atoms with van der Waals surface area (Å²) in [6.07, 6.45) is 5.42. The molecule has 2 N–H and O–H groups in total. The third-order valence-electron chi connectivity index (χ3n) is 6.06. The average Bonchev–Trinajstić information content (AvgIpc) is 3.29. The third-order valence-corrected chi connectivity index (χ3v) is 6.06. The third kappa shape index (κ3) is 3.92. The Hall–Kier alpha value is -3.43. The second kappa shape index (κ2) is 8.25. The number of aromatic carboxylic acids is 1. The van der Waals surface area contributed by atoms with Crippen molar-refractivity contribution in [1.29, 1.82) is 0 Å². The van der Waals surface area contributed by atoms with Crippen LogP contribution in [0.4, 0.5) is 27.5 Å². The molecule has 170 valence electrons. The fraction of sp³-hybridized carbons (Fsp3) is 0.455. The van der Waals surface area contributed by atoms with Crippen molar-refractivity contribution in [2.75, 3.05) is 35.8 Å². The highest BCUT2D eigenvalue weighted by molar-refractivity contribution is 6.02. The molecule has 32 heavy (non-hydrogen) atoms. The van der Waals surface area contributed by atoms with Crippen LogP contribution in [0, 0.1) is 0 Å². The van der Waals surface area contributed by atoms with Crippen molar-refractivity contribution >= 4 is 35.0 Å². The van der Waals surface area contributed by atoms with Crippen molar-refractivity contribution in [1.82, 2.24) is 9.97 Å². The lowest BCUT2D eigenvalue weighted by Gasteiger charge is -2.32. The lowest BCUT2D eigenvalue weighted by Crippen LogP contribution is -2.49. The number of hydrogen-bond donors (Lipinski definition) is 2. The Bertz CT molecular complexity index is 1050. The number of anilines is 4. The molecule has 9 nitrogen and oxygen atoms in total. The van der Waals surface area contributed by atoms with Crippen LogP contribution in [0.1, 0.15) is 43.0 Å². The maximum atomic E-state index is 15.3. The summed E-state index contributed by atoms with van der Waals surface area (Å²) in [6.45, 7) is 1.22. The van der Waals surface area contributed by atoms with E-state index in [9.17, 15) is 14.7 Å². The number of methoxy groups -OCH3 is 1. The number of carbonyl (C=O) groups excluding carboxylic acids is 1. The number of halogens is 1. The predicted octanol–water partition coefficient (Wildman–Crippen LogP) is 3.38. The van der Waals surface area contributed by atoms with Gasteiger partial charge in [0.05, 0.1) is 31.1 Å². The summed E-state index contributed by atoms with van der Waals surface area (Å²) in [7, 11) is 2.97. The highest BCUT2D eigenvalue weighted by Gasteiger charge is 2.44. The molecule has 1 aromatic heterocycles. The highest BCUT2D eigenvalue weighted by atomic mass is 19.1. The number of ether oxygens (including phenoxy) is 1. The highest BCUT2D eigenvalue weighted by Crippen LogP contribution is 2.39. The summed E-state index contributed by atoms with van der Waals surface area (Å²) >= 11 is 0. The monoisotopic (exact) mass is 443 g/mol. The number of amides is 1. The fourth-order valence-electron chi connectivity index (χ4n) is 4.36. The molecule has 2 aliphatic rings. The molecule has 2 aromatic rings. The molecule has 0 bridgehead atoms. The molecule has 4 rings (SSSR count). The van der Waals surface area contributed by atoms with E-state index in [1.165, 1.54) is 44.3 Å². The molecule has 1 atom stereocenters. The topological polar surface area (TPSA) is 108 Å². The summed E-state index contributed by atoms with van der Waals surface area (Å²) in [5.74, 6) is -0.649. The van der Waals surface area contributed by atoms with Crippen molar-refractivity contribution in [2.45, 2.75) is 44.3 Å². The van der Waals surface area contributed by atoms with Gasteiger partial charge in [0, 0.05) is 13.1 Å². The molecule has 1 aliphatic carbocycles. The number of rotatable bonds is 5. The molecule has 0 saturated heterocycles. The summed E-state index contributed by atoms with van der Waals surface area (Å²) < 4.78 is 20.6. The van der Waals surface area contributed by atoms with Gasteiger partial charge in [-0.3, -0.25) is 4.79 Å². The summed E-state index contributed by atoms with van der Waals surface area (Å²) in [5, 5.41) is 12.3. The standard InChI is InChI=1S/C22H26FN5O4/c1-22(23)12-28(14-6-4-5-7-14)18-16(27(2)20(22)31)11-24-21(26-18)25-15-9-8-13(19(29)30)10-17(15)32-3/h8-11,14H,4-7,12H2,1-3H3,(H,29,30)(H,24,25,26). The fourth-order valence-corrected chi connectivity index (χ4v) is 4.36. The number of nitrogens with zero attached hydrogens (tertiary/aromatic N) is 4. The normalized spacial score (nSPS) is 21.3. The first-order valence-electron chi connectivity index (χ1n) is 10.5. The van der Waals surface area contributed by atoms with Gasteiger partial charge in [-0.1, -0.05) is 12.8 Å². The van der Waals surface area contributed by atoms with Crippen LogP contribution >= 0.6 is 0 Å². The van der Waals surface area contributed by atoms with E-state index in [1.54, 1.807) is 6.07 Å². The van der Waals surface area contributed by atoms with Gasteiger partial charge in [-0.25, -0.2) is 14.2 Å². The quantitative estimate of drug-likeness (QED) is 0.724. The predicted molar refractivity (Wildman–Crippen MR) is 118 cm³/mol. The van der Waals surface area contributed by atoms with Gasteiger partial charge in [-0.15, -0.1) is 0 Å². The number of carboxylic acids is 1. The maximum Gasteiger partial charge on any atom is 0.335 e. The number of carboxylic acid groups (broad SMARTS) is 1. The minimum atomic E-state index is -2.05. The molecular formula is C22H26FN5O4. The van der Waals surface area contributed by atoms with Gasteiger partial charge in [0.2, 0.25) is 11.6 Å². The zero-order valence-electron chi connectivity index (χ0n) is 18.3. The lowest BCUT2D eigenvalue weighted by molar-refractivity contribution is -0.128. The summed E-state index contributed by atoms with van der Waals surface area (Å²) in [5.41, 5.74) is -1.04. The van der Waals surface area contributed by atoms with E-state index in [1.807, 2.05) is 4.90 Å². The number of fused-ring (bicyclic) bond motifs is 1. The summed E-state index contributed by atoms with van der Waals surface area (Å²) in [4.78, 5) is 36.1. The minimum Gasteiger partial charge on any atom is -0.495 e. The maximum absolute atomic E-state index is 15.3. The number of alkyl halides is 1. The number of hydrogen-bond acceptors (Lipinski definition) is 7. The van der Waals surface area contributed by atoms with Gasteiger partial charge in [-0.05, 0) is 38.0 Å². The van der Waals surface area contributed by atoms with E-state index in [4.69, 9.17) is 4.74 Å². The lowest BCUT2D eigenvalue weighted by atomic mass is 10.1. The molecule has 1 fully saturated rings. The first-order chi connectivity index (χ1) is 15.2. The Morgan fingerprint density at radius 1 is 1.34 bits per heavy atom. The zero-order valence-corrected chi connectivity index (χ0v) is 18.3. The molecule has 0 spiro atoms. The van der Waals surface area contributed by atoms with Crippen LogP contribution in [0.2, 0.25) is 0 Å². The molecule has 1 aromatic carbocycles. The van der Waals surface area contributed by atoms with Crippen molar-refractivity contribution in [3.8, 4) is 5.75 Å². The van der Waals surface area contributed by atoms with Gasteiger partial charge >= 0.3 is 5.97 Å². The van der Waals surface area contributed by atoms with E-state index in [0.717, 1.165) is 25.7 Å². The largest absolute Gasteiger partial charge is 0.495 e. The molecule has 10 heteroatoms. The van der Waals surface area contributed by atoms with Gasteiger partial charge < -0.3 is 25.0 Å². The van der Waals surface area contributed by atoms with Gasteiger partial charge in [0.15, 0.2) is 5.82 Å². The number of carbonyl (C=O) groups is 2. The second-order valence-electron chi connectivity index (χ2n) is 8.38. The van der Waals surface area contributed by atoms with Crippen LogP contribution in [0.15, 0.2) is 24.4 Å². The first kappa shape index (κ1) is 21.8. The van der Waals surface area contributed by atoms with Gasteiger partial charge in [0.1, 0.15) is 11.4 Å². The van der Waals surface area contributed by atoms with Crippen LogP contribution < -0.4 is 19.9 Å². The van der Waals surface area contributed by atoms with Gasteiger partial charge in [-0.2, -0.15) is 4.98 Å². The Kier molecular flexibility index (Phi) is 5.62. The summed E-state index contributed by atoms with van der Waals surface area (Å²) in [6, 6.07) is 4.51. The molecule has 1 unspecified atom stereocenters. The zero-order chi connectivity index (χ0) is 23.0. The van der Waals surface area contributed by atoms with E-state index in [2.05, 4.69) is 15.3 Å². The van der Waals surface area contributed by atoms with E-state index < -0.39 is 17.5 Å². The van der Waals surface area contributed by atoms with Crippen molar-refractivity contribution in [2.24, 2.45) is 0 Å². The van der Waals surface area contributed by atoms with Crippen molar-refractivity contribution in [3.63, 3.8) is 0 Å². The molecule has 0 radical (unpaired) electrons. The van der Waals surface area contributed by atoms with Crippen LogP contribution in [0.25, 0.3) is 0 Å². The van der Waals surface area contributed by atoms with Crippen LogP contribution in [-0.2, 0) is 4.79 Å². The second-order valence-corrected chi connectivity index (χ2v) is 8.38. The van der Waals surface area contributed by atoms with Crippen molar-refractivity contribution < 1.29 is 23.8 Å². The Morgan fingerprint density at radius 3 is 2.72 bits per heavy atom. The van der Waals surface area contributed by atoms with Crippen LogP contribution in [0.5, 0.6) is 5.75 Å². The smallest absolute Gasteiger partial charge is 0.335 e. The Labute approximate surface area is 185 Å². The first-order valence-corrected chi connectivity index (χ1v) is 10.5. The van der Waals surface area contributed by atoms with Gasteiger partial charge in [0.25, 0.3) is 5.91 Å². The molecule has 1 amide bonds. The SMILES string of the molecule is COc1cc(C(=O)O)ccc1Nc1ncc2c(n1)N(C1CCCC1)CC(C)(F)C(=O)N2C. The molecule has 1 aliphatic heterocycles.